The minimum absolute atomic E-state index is 0.323. The molecule has 3 nitrogen and oxygen atoms in total. The van der Waals surface area contributed by atoms with Crippen LogP contribution in [0, 0.1) is 5.92 Å². The molecular formula is C11H22O3Si. The number of ether oxygens (including phenoxy) is 2. The first kappa shape index (κ1) is 11.6. The first-order valence-corrected chi connectivity index (χ1v) is 7.79. The second-order valence-electron chi connectivity index (χ2n) is 4.55. The number of hydrogen-bond acceptors (Lipinski definition) is 3. The van der Waals surface area contributed by atoms with Crippen molar-refractivity contribution in [3.63, 3.8) is 0 Å². The van der Waals surface area contributed by atoms with Crippen LogP contribution in [0.2, 0.25) is 6.04 Å². The fourth-order valence-electron chi connectivity index (χ4n) is 2.42. The molecule has 88 valence electrons. The van der Waals surface area contributed by atoms with Gasteiger partial charge >= 0.3 is 0 Å². The van der Waals surface area contributed by atoms with E-state index in [1.54, 1.807) is 0 Å². The summed E-state index contributed by atoms with van der Waals surface area (Å²) in [4.78, 5) is 0. The first-order valence-electron chi connectivity index (χ1n) is 6.21. The van der Waals surface area contributed by atoms with Crippen molar-refractivity contribution in [1.29, 1.82) is 0 Å². The molecule has 1 saturated heterocycles. The molecule has 15 heavy (non-hydrogen) atoms. The molecule has 3 unspecified atom stereocenters. The summed E-state index contributed by atoms with van der Waals surface area (Å²) in [5.74, 6) is 0.914. The predicted molar refractivity (Wildman–Crippen MR) is 61.5 cm³/mol. The van der Waals surface area contributed by atoms with Crippen molar-refractivity contribution in [2.24, 2.45) is 5.92 Å². The minimum atomic E-state index is -0.323. The van der Waals surface area contributed by atoms with Gasteiger partial charge in [0.2, 0.25) is 0 Å². The zero-order chi connectivity index (χ0) is 10.5. The van der Waals surface area contributed by atoms with Crippen LogP contribution in [0.15, 0.2) is 0 Å². The van der Waals surface area contributed by atoms with Crippen molar-refractivity contribution >= 4 is 9.76 Å². The van der Waals surface area contributed by atoms with Gasteiger partial charge < -0.3 is 13.9 Å². The van der Waals surface area contributed by atoms with E-state index in [2.05, 4.69) is 0 Å². The van der Waals surface area contributed by atoms with Crippen LogP contribution in [0.4, 0.5) is 0 Å². The van der Waals surface area contributed by atoms with Crippen molar-refractivity contribution in [3.05, 3.63) is 0 Å². The van der Waals surface area contributed by atoms with Crippen LogP contribution in [0.5, 0.6) is 0 Å². The van der Waals surface area contributed by atoms with Gasteiger partial charge in [-0.2, -0.15) is 0 Å². The maximum Gasteiger partial charge on any atom is 0.164 e. The van der Waals surface area contributed by atoms with Crippen LogP contribution in [0.25, 0.3) is 0 Å². The topological polar surface area (TPSA) is 31.0 Å². The molecule has 0 aromatic carbocycles. The van der Waals surface area contributed by atoms with Gasteiger partial charge in [0.25, 0.3) is 0 Å². The summed E-state index contributed by atoms with van der Waals surface area (Å²) < 4.78 is 16.2. The minimum Gasteiger partial charge on any atom is -0.402 e. The van der Waals surface area contributed by atoms with Crippen molar-refractivity contribution in [1.82, 2.24) is 0 Å². The average Bonchev–Trinajstić information content (AvgIpc) is 3.01. The lowest BCUT2D eigenvalue weighted by molar-refractivity contribution is 0.0240. The highest BCUT2D eigenvalue weighted by Crippen LogP contribution is 2.40. The molecule has 0 aromatic heterocycles. The number of rotatable bonds is 7. The van der Waals surface area contributed by atoms with Crippen LogP contribution in [-0.4, -0.2) is 35.4 Å². The zero-order valence-corrected chi connectivity index (χ0v) is 11.0. The molecule has 4 heteroatoms. The number of hydrogen-bond donors (Lipinski definition) is 0. The molecule has 0 amide bonds. The second-order valence-corrected chi connectivity index (χ2v) is 6.08. The van der Waals surface area contributed by atoms with Crippen molar-refractivity contribution in [2.75, 3.05) is 13.4 Å². The smallest absolute Gasteiger partial charge is 0.164 e. The lowest BCUT2D eigenvalue weighted by Crippen LogP contribution is -2.14. The third-order valence-corrected chi connectivity index (χ3v) is 4.54. The van der Waals surface area contributed by atoms with Crippen LogP contribution in [-0.2, 0) is 13.9 Å². The number of fused-ring (bicyclic) bond motifs is 1. The molecule has 0 radical (unpaired) electrons. The third-order valence-electron chi connectivity index (χ3n) is 3.38. The van der Waals surface area contributed by atoms with Gasteiger partial charge in [0.15, 0.2) is 9.76 Å². The fraction of sp³-hybridized carbons (Fsp3) is 1.00. The van der Waals surface area contributed by atoms with Crippen molar-refractivity contribution < 1.29 is 13.9 Å². The lowest BCUT2D eigenvalue weighted by Gasteiger charge is -2.18. The normalized spacial score (nSPS) is 34.6. The molecule has 2 fully saturated rings. The van der Waals surface area contributed by atoms with Gasteiger partial charge in [-0.15, -0.1) is 0 Å². The predicted octanol–water partition coefficient (Wildman–Crippen LogP) is 1.46. The molecule has 3 atom stereocenters. The average molecular weight is 230 g/mol. The molecule has 1 aliphatic carbocycles. The van der Waals surface area contributed by atoms with Crippen LogP contribution in [0.1, 0.15) is 32.6 Å². The van der Waals surface area contributed by atoms with E-state index in [4.69, 9.17) is 13.9 Å². The van der Waals surface area contributed by atoms with Crippen LogP contribution in [0.3, 0.4) is 0 Å². The van der Waals surface area contributed by atoms with Crippen molar-refractivity contribution in [2.45, 2.75) is 50.9 Å². The number of epoxide rings is 1. The van der Waals surface area contributed by atoms with Crippen LogP contribution < -0.4 is 0 Å². The summed E-state index contributed by atoms with van der Waals surface area (Å²) in [6.45, 7) is 3.28. The maximum atomic E-state index is 5.53. The van der Waals surface area contributed by atoms with E-state index >= 15 is 0 Å². The molecule has 2 aliphatic rings. The Morgan fingerprint density at radius 2 is 2.27 bits per heavy atom. The molecule has 1 aliphatic heterocycles. The van der Waals surface area contributed by atoms with E-state index in [1.165, 1.54) is 31.7 Å². The largest absolute Gasteiger partial charge is 0.402 e. The monoisotopic (exact) mass is 230 g/mol. The Morgan fingerprint density at radius 3 is 3.07 bits per heavy atom. The molecular weight excluding hydrogens is 208 g/mol. The van der Waals surface area contributed by atoms with Gasteiger partial charge in [-0.25, -0.2) is 0 Å². The summed E-state index contributed by atoms with van der Waals surface area (Å²) in [6.07, 6.45) is 6.62. The highest BCUT2D eigenvalue weighted by molar-refractivity contribution is 6.26. The molecule has 1 saturated carbocycles. The summed E-state index contributed by atoms with van der Waals surface area (Å²) in [7, 11) is -0.323. The summed E-state index contributed by atoms with van der Waals surface area (Å²) in [5, 5.41) is 0. The van der Waals surface area contributed by atoms with Gasteiger partial charge in [-0.3, -0.25) is 0 Å². The Kier molecular flexibility index (Phi) is 4.62. The third kappa shape index (κ3) is 3.87. The van der Waals surface area contributed by atoms with Gasteiger partial charge in [0.1, 0.15) is 6.79 Å². The van der Waals surface area contributed by atoms with E-state index in [9.17, 15) is 0 Å². The summed E-state index contributed by atoms with van der Waals surface area (Å²) in [5.41, 5.74) is 0. The summed E-state index contributed by atoms with van der Waals surface area (Å²) in [6, 6.07) is 1.30. The van der Waals surface area contributed by atoms with Gasteiger partial charge in [-0.05, 0) is 38.1 Å². The van der Waals surface area contributed by atoms with E-state index in [-0.39, 0.29) is 9.76 Å². The SMILES string of the molecule is CCOCO[SiH2]CCC1CCC2OC2C1. The van der Waals surface area contributed by atoms with Gasteiger partial charge in [-0.1, -0.05) is 6.42 Å². The van der Waals surface area contributed by atoms with E-state index < -0.39 is 0 Å². The fourth-order valence-corrected chi connectivity index (χ4v) is 3.61. The zero-order valence-electron chi connectivity index (χ0n) is 9.61. The molecule has 0 spiro atoms. The lowest BCUT2D eigenvalue weighted by atomic mass is 9.88. The Morgan fingerprint density at radius 1 is 1.33 bits per heavy atom. The Labute approximate surface area is 94.4 Å². The Bertz CT molecular complexity index is 189. The molecule has 0 bridgehead atoms. The highest BCUT2D eigenvalue weighted by atomic mass is 28.2. The van der Waals surface area contributed by atoms with Gasteiger partial charge in [0.05, 0.1) is 12.2 Å². The summed E-state index contributed by atoms with van der Waals surface area (Å²) >= 11 is 0. The van der Waals surface area contributed by atoms with Crippen molar-refractivity contribution in [3.8, 4) is 0 Å². The van der Waals surface area contributed by atoms with E-state index in [0.29, 0.717) is 19.0 Å². The first-order chi connectivity index (χ1) is 7.40. The Balaban J connectivity index is 1.43. The highest BCUT2D eigenvalue weighted by Gasteiger charge is 2.43. The quantitative estimate of drug-likeness (QED) is 0.287. The molecule has 1 heterocycles. The van der Waals surface area contributed by atoms with Crippen LogP contribution >= 0.6 is 0 Å². The second kappa shape index (κ2) is 5.99. The van der Waals surface area contributed by atoms with Gasteiger partial charge in [0, 0.05) is 6.61 Å². The standard InChI is InChI=1S/C11H22O3Si/c1-2-12-8-13-15-6-5-9-3-4-10-11(7-9)14-10/h9-11H,2-8,15H2,1H3. The molecule has 0 aromatic rings. The molecule has 2 rings (SSSR count). The molecule has 0 N–H and O–H groups in total. The van der Waals surface area contributed by atoms with E-state index in [0.717, 1.165) is 12.5 Å². The van der Waals surface area contributed by atoms with E-state index in [1.807, 2.05) is 6.92 Å². The maximum absolute atomic E-state index is 5.53. The Hall–Kier alpha value is 0.0969.